The van der Waals surface area contributed by atoms with Gasteiger partial charge in [0, 0.05) is 17.8 Å². The van der Waals surface area contributed by atoms with Gasteiger partial charge in [0.05, 0.1) is 11.6 Å². The second-order valence-electron chi connectivity index (χ2n) is 3.77. The van der Waals surface area contributed by atoms with Gasteiger partial charge in [0.2, 0.25) is 5.88 Å². The molecule has 0 aliphatic carbocycles. The number of methoxy groups -OCH3 is 1. The number of halogens is 1. The zero-order chi connectivity index (χ0) is 14.5. The smallest absolute Gasteiger partial charge is 0.219 e. The summed E-state index contributed by atoms with van der Waals surface area (Å²) in [5.74, 6) is 1.61. The Hall–Kier alpha value is -2.28. The first kappa shape index (κ1) is 14.1. The highest BCUT2D eigenvalue weighted by Gasteiger charge is 2.07. The molecule has 2 rings (SSSR count). The highest BCUT2D eigenvalue weighted by Crippen LogP contribution is 2.32. The average Bonchev–Trinajstić information content (AvgIpc) is 2.48. The molecule has 0 bridgehead atoms. The quantitative estimate of drug-likeness (QED) is 0.387. The van der Waals surface area contributed by atoms with Gasteiger partial charge in [0.15, 0.2) is 5.84 Å². The van der Waals surface area contributed by atoms with Crippen molar-refractivity contribution in [2.24, 2.45) is 10.9 Å². The molecule has 3 N–H and O–H groups in total. The van der Waals surface area contributed by atoms with Crippen molar-refractivity contribution in [1.82, 2.24) is 4.98 Å². The van der Waals surface area contributed by atoms with Gasteiger partial charge < -0.3 is 20.4 Å². The Morgan fingerprint density at radius 1 is 1.35 bits per heavy atom. The van der Waals surface area contributed by atoms with E-state index in [0.29, 0.717) is 22.9 Å². The third-order valence-electron chi connectivity index (χ3n) is 2.49. The maximum Gasteiger partial charge on any atom is 0.219 e. The van der Waals surface area contributed by atoms with E-state index in [1.54, 1.807) is 37.4 Å². The van der Waals surface area contributed by atoms with Gasteiger partial charge in [0.25, 0.3) is 0 Å². The fraction of sp³-hybridized carbons (Fsp3) is 0.0769. The van der Waals surface area contributed by atoms with Crippen molar-refractivity contribution in [3.63, 3.8) is 0 Å². The zero-order valence-electron chi connectivity index (χ0n) is 10.6. The Labute approximate surface area is 124 Å². The first-order chi connectivity index (χ1) is 9.63. The minimum atomic E-state index is -0.00829. The van der Waals surface area contributed by atoms with Crippen LogP contribution >= 0.6 is 15.9 Å². The highest BCUT2D eigenvalue weighted by atomic mass is 79.9. The summed E-state index contributed by atoms with van der Waals surface area (Å²) in [5.41, 5.74) is 6.03. The molecule has 0 fully saturated rings. The predicted molar refractivity (Wildman–Crippen MR) is 77.5 cm³/mol. The maximum atomic E-state index is 8.65. The van der Waals surface area contributed by atoms with Crippen LogP contribution < -0.4 is 15.2 Å². The van der Waals surface area contributed by atoms with Crippen LogP contribution in [0.2, 0.25) is 0 Å². The van der Waals surface area contributed by atoms with E-state index in [9.17, 15) is 0 Å². The van der Waals surface area contributed by atoms with Gasteiger partial charge >= 0.3 is 0 Å². The fourth-order valence-corrected chi connectivity index (χ4v) is 1.92. The van der Waals surface area contributed by atoms with E-state index in [4.69, 9.17) is 20.4 Å². The molecule has 0 atom stereocenters. The van der Waals surface area contributed by atoms with Gasteiger partial charge in [-0.15, -0.1) is 0 Å². The SMILES string of the molecule is COc1ccc(Oc2cc(/C(N)=N/O)ccn2)c(Br)c1. The Morgan fingerprint density at radius 3 is 2.80 bits per heavy atom. The molecule has 6 nitrogen and oxygen atoms in total. The van der Waals surface area contributed by atoms with Gasteiger partial charge in [-0.2, -0.15) is 0 Å². The molecular weight excluding hydrogens is 326 g/mol. The largest absolute Gasteiger partial charge is 0.497 e. The second-order valence-corrected chi connectivity index (χ2v) is 4.62. The monoisotopic (exact) mass is 337 g/mol. The Morgan fingerprint density at radius 2 is 2.15 bits per heavy atom. The van der Waals surface area contributed by atoms with Crippen molar-refractivity contribution >= 4 is 21.8 Å². The number of rotatable bonds is 4. The second kappa shape index (κ2) is 6.25. The van der Waals surface area contributed by atoms with Crippen LogP contribution in [0.4, 0.5) is 0 Å². The number of nitrogens with zero attached hydrogens (tertiary/aromatic N) is 2. The Balaban J connectivity index is 2.26. The van der Waals surface area contributed by atoms with Crippen LogP contribution in [0, 0.1) is 0 Å². The van der Waals surface area contributed by atoms with Gasteiger partial charge in [-0.05, 0) is 40.2 Å². The molecule has 0 aliphatic rings. The predicted octanol–water partition coefficient (Wildman–Crippen LogP) is 2.74. The Bertz CT molecular complexity index is 647. The first-order valence-electron chi connectivity index (χ1n) is 5.59. The van der Waals surface area contributed by atoms with E-state index in [0.717, 1.165) is 4.47 Å². The van der Waals surface area contributed by atoms with Gasteiger partial charge in [-0.3, -0.25) is 0 Å². The zero-order valence-corrected chi connectivity index (χ0v) is 12.2. The Kier molecular flexibility index (Phi) is 4.41. The lowest BCUT2D eigenvalue weighted by atomic mass is 10.2. The summed E-state index contributed by atoms with van der Waals surface area (Å²) < 4.78 is 11.5. The molecule has 0 unspecified atom stereocenters. The van der Waals surface area contributed by atoms with Crippen molar-refractivity contribution < 1.29 is 14.7 Å². The van der Waals surface area contributed by atoms with Crippen LogP contribution in [0.25, 0.3) is 0 Å². The van der Waals surface area contributed by atoms with E-state index in [1.165, 1.54) is 6.20 Å². The molecule has 0 aliphatic heterocycles. The lowest BCUT2D eigenvalue weighted by Crippen LogP contribution is -2.13. The number of amidine groups is 1. The molecule has 104 valence electrons. The molecule has 0 saturated carbocycles. The molecule has 1 aromatic heterocycles. The molecular formula is C13H12BrN3O3. The summed E-state index contributed by atoms with van der Waals surface area (Å²) in [7, 11) is 1.59. The summed E-state index contributed by atoms with van der Waals surface area (Å²) in [6, 6.07) is 8.49. The number of benzene rings is 1. The van der Waals surface area contributed by atoms with Crippen molar-refractivity contribution in [3.8, 4) is 17.4 Å². The molecule has 0 saturated heterocycles. The summed E-state index contributed by atoms with van der Waals surface area (Å²) in [6.45, 7) is 0. The van der Waals surface area contributed by atoms with E-state index in [-0.39, 0.29) is 5.84 Å². The van der Waals surface area contributed by atoms with Crippen LogP contribution in [-0.2, 0) is 0 Å². The normalized spacial score (nSPS) is 11.2. The summed E-state index contributed by atoms with van der Waals surface area (Å²) in [4.78, 5) is 4.07. The summed E-state index contributed by atoms with van der Waals surface area (Å²) in [6.07, 6.45) is 1.51. The molecule has 7 heteroatoms. The van der Waals surface area contributed by atoms with Crippen molar-refractivity contribution in [1.29, 1.82) is 0 Å². The number of oxime groups is 1. The van der Waals surface area contributed by atoms with Gasteiger partial charge in [-0.25, -0.2) is 4.98 Å². The van der Waals surface area contributed by atoms with E-state index in [1.807, 2.05) is 0 Å². The van der Waals surface area contributed by atoms with E-state index < -0.39 is 0 Å². The molecule has 20 heavy (non-hydrogen) atoms. The minimum absolute atomic E-state index is 0.00829. The van der Waals surface area contributed by atoms with Gasteiger partial charge in [0.1, 0.15) is 11.5 Å². The van der Waals surface area contributed by atoms with E-state index in [2.05, 4.69) is 26.1 Å². The molecule has 1 heterocycles. The van der Waals surface area contributed by atoms with E-state index >= 15 is 0 Å². The topological polar surface area (TPSA) is 90.0 Å². The lowest BCUT2D eigenvalue weighted by molar-refractivity contribution is 0.318. The van der Waals surface area contributed by atoms with Crippen LogP contribution in [0.15, 0.2) is 46.2 Å². The number of hydrogen-bond donors (Lipinski definition) is 2. The van der Waals surface area contributed by atoms with Crippen molar-refractivity contribution in [2.45, 2.75) is 0 Å². The third-order valence-corrected chi connectivity index (χ3v) is 3.11. The molecule has 0 spiro atoms. The maximum absolute atomic E-state index is 8.65. The highest BCUT2D eigenvalue weighted by molar-refractivity contribution is 9.10. The summed E-state index contributed by atoms with van der Waals surface area (Å²) >= 11 is 3.39. The number of nitrogens with two attached hydrogens (primary N) is 1. The van der Waals surface area contributed by atoms with Crippen molar-refractivity contribution in [2.75, 3.05) is 7.11 Å². The van der Waals surface area contributed by atoms with Crippen LogP contribution in [0.1, 0.15) is 5.56 Å². The minimum Gasteiger partial charge on any atom is -0.497 e. The molecule has 2 aromatic rings. The van der Waals surface area contributed by atoms with Crippen LogP contribution in [-0.4, -0.2) is 23.1 Å². The van der Waals surface area contributed by atoms with Crippen LogP contribution in [0.5, 0.6) is 17.4 Å². The molecule has 0 radical (unpaired) electrons. The average molecular weight is 338 g/mol. The number of hydrogen-bond acceptors (Lipinski definition) is 5. The summed E-state index contributed by atoms with van der Waals surface area (Å²) in [5, 5.41) is 11.6. The number of pyridine rings is 1. The standard InChI is InChI=1S/C13H12BrN3O3/c1-19-9-2-3-11(10(14)7-9)20-12-6-8(4-5-16-12)13(15)17-18/h2-7,18H,1H3,(H2,15,17). The lowest BCUT2D eigenvalue weighted by Gasteiger charge is -2.09. The number of aromatic nitrogens is 1. The molecule has 0 amide bonds. The number of ether oxygens (including phenoxy) is 2. The van der Waals surface area contributed by atoms with Crippen molar-refractivity contribution in [3.05, 3.63) is 46.6 Å². The van der Waals surface area contributed by atoms with Gasteiger partial charge in [-0.1, -0.05) is 5.16 Å². The third kappa shape index (κ3) is 3.18. The molecule has 1 aromatic carbocycles. The van der Waals surface area contributed by atoms with Crippen LogP contribution in [0.3, 0.4) is 0 Å². The fourth-order valence-electron chi connectivity index (χ4n) is 1.49. The first-order valence-corrected chi connectivity index (χ1v) is 6.38.